The molecular formula is C53H92O12S. The van der Waals surface area contributed by atoms with Gasteiger partial charge in [0, 0.05) is 12.8 Å². The molecule has 66 heavy (non-hydrogen) atoms. The van der Waals surface area contributed by atoms with Crippen LogP contribution in [0.4, 0.5) is 0 Å². The van der Waals surface area contributed by atoms with Gasteiger partial charge in [0.1, 0.15) is 36.8 Å². The van der Waals surface area contributed by atoms with Gasteiger partial charge in [0.15, 0.2) is 12.4 Å². The van der Waals surface area contributed by atoms with E-state index in [0.29, 0.717) is 12.8 Å². The molecule has 6 atom stereocenters. The fourth-order valence-electron chi connectivity index (χ4n) is 7.65. The molecule has 1 rings (SSSR count). The van der Waals surface area contributed by atoms with Crippen molar-refractivity contribution < 1.29 is 56.8 Å². The first-order valence-corrected chi connectivity index (χ1v) is 27.5. The number of carbonyl (C=O) groups is 2. The summed E-state index contributed by atoms with van der Waals surface area (Å²) >= 11 is 0. The fourth-order valence-corrected chi connectivity index (χ4v) is 8.34. The number of aliphatic hydroxyl groups is 3. The molecule has 4 N–H and O–H groups in total. The largest absolute Gasteiger partial charge is 0.462 e. The van der Waals surface area contributed by atoms with Gasteiger partial charge in [-0.2, -0.15) is 8.42 Å². The number of ether oxygens (including phenoxy) is 4. The van der Waals surface area contributed by atoms with Crippen LogP contribution in [0.2, 0.25) is 0 Å². The lowest BCUT2D eigenvalue weighted by atomic mass is 10.00. The number of carbonyl (C=O) groups excluding carboxylic acids is 2. The lowest BCUT2D eigenvalue weighted by molar-refractivity contribution is -0.297. The molecule has 382 valence electrons. The van der Waals surface area contributed by atoms with E-state index < -0.39 is 71.2 Å². The predicted octanol–water partition coefficient (Wildman–Crippen LogP) is 11.7. The molecule has 0 aromatic rings. The summed E-state index contributed by atoms with van der Waals surface area (Å²) < 4.78 is 54.2. The first-order valence-electron chi connectivity index (χ1n) is 25.8. The van der Waals surface area contributed by atoms with Crippen LogP contribution in [0.15, 0.2) is 60.8 Å². The number of unbranched alkanes of at least 4 members (excludes halogenated alkanes) is 21. The van der Waals surface area contributed by atoms with Crippen LogP contribution in [0.25, 0.3) is 0 Å². The van der Waals surface area contributed by atoms with Gasteiger partial charge >= 0.3 is 11.9 Å². The van der Waals surface area contributed by atoms with Gasteiger partial charge in [-0.05, 0) is 57.8 Å². The number of rotatable bonds is 43. The number of hydrogen-bond acceptors (Lipinski definition) is 11. The van der Waals surface area contributed by atoms with E-state index in [2.05, 4.69) is 74.6 Å². The summed E-state index contributed by atoms with van der Waals surface area (Å²) in [6.07, 6.45) is 44.0. The highest BCUT2D eigenvalue weighted by Crippen LogP contribution is 2.24. The Labute approximate surface area is 400 Å². The summed E-state index contributed by atoms with van der Waals surface area (Å²) in [5.41, 5.74) is 0. The minimum atomic E-state index is -4.61. The predicted molar refractivity (Wildman–Crippen MR) is 265 cm³/mol. The Morgan fingerprint density at radius 3 is 1.42 bits per heavy atom. The third-order valence-electron chi connectivity index (χ3n) is 11.6. The van der Waals surface area contributed by atoms with E-state index in [1.54, 1.807) is 0 Å². The Morgan fingerprint density at radius 2 is 0.955 bits per heavy atom. The molecule has 0 aliphatic carbocycles. The molecule has 13 heteroatoms. The van der Waals surface area contributed by atoms with Gasteiger partial charge in [0.25, 0.3) is 10.1 Å². The topological polar surface area (TPSA) is 186 Å². The van der Waals surface area contributed by atoms with Gasteiger partial charge in [0.2, 0.25) is 0 Å². The highest BCUT2D eigenvalue weighted by molar-refractivity contribution is 7.85. The van der Waals surface area contributed by atoms with E-state index in [0.717, 1.165) is 70.6 Å². The quantitative estimate of drug-likeness (QED) is 0.0196. The zero-order valence-corrected chi connectivity index (χ0v) is 41.9. The SMILES string of the molecule is CC/C=C\C/C=C\C/C=C\C/C=C\C/C=C\CCCCCC(=O)OC(COC(=O)CCCCCCCCCCCCCCCCCCCCC)COC1OC(CS(=O)(=O)O)C(O)C(O)C1O. The maximum absolute atomic E-state index is 12.9. The standard InChI is InChI=1S/C53H92O12S/c1-3-5-7-9-11-13-15-17-19-21-23-25-27-29-31-33-35-37-39-41-48(54)62-43-46(44-63-53-52(58)51(57)50(56)47(65-53)45-66(59,60)61)64-49(55)42-40-38-36-34-32-30-28-26-24-22-20-18-16-14-12-10-8-6-4-2/h6,8,12,14,18,20,24,26,30,32,46-47,50-53,56-58H,3-5,7,9-11,13,15-17,19,21-23,25,27-29,31,33-45H2,1-2H3,(H,59,60,61)/b8-6-,14-12-,20-18-,26-24-,32-30-. The van der Waals surface area contributed by atoms with E-state index in [1.165, 1.54) is 96.3 Å². The molecule has 1 saturated heterocycles. The molecule has 0 amide bonds. The van der Waals surface area contributed by atoms with Crippen molar-refractivity contribution in [1.82, 2.24) is 0 Å². The molecule has 0 radical (unpaired) electrons. The van der Waals surface area contributed by atoms with Crippen LogP contribution in [0.1, 0.15) is 206 Å². The van der Waals surface area contributed by atoms with Gasteiger partial charge < -0.3 is 34.3 Å². The third kappa shape index (κ3) is 36.4. The van der Waals surface area contributed by atoms with Gasteiger partial charge in [-0.15, -0.1) is 0 Å². The molecule has 0 bridgehead atoms. The lowest BCUT2D eigenvalue weighted by Gasteiger charge is -2.40. The Kier molecular flexibility index (Phi) is 39.5. The van der Waals surface area contributed by atoms with Crippen LogP contribution in [0.5, 0.6) is 0 Å². The summed E-state index contributed by atoms with van der Waals surface area (Å²) in [6.45, 7) is 3.65. The Morgan fingerprint density at radius 1 is 0.530 bits per heavy atom. The maximum atomic E-state index is 12.9. The average Bonchev–Trinajstić information content (AvgIpc) is 3.28. The van der Waals surface area contributed by atoms with Gasteiger partial charge in [-0.25, -0.2) is 0 Å². The zero-order chi connectivity index (χ0) is 48.4. The van der Waals surface area contributed by atoms with E-state index in [9.17, 15) is 37.9 Å². The van der Waals surface area contributed by atoms with Crippen LogP contribution in [0, 0.1) is 0 Å². The second kappa shape index (κ2) is 42.5. The van der Waals surface area contributed by atoms with Crippen molar-refractivity contribution >= 4 is 22.1 Å². The average molecular weight is 953 g/mol. The second-order valence-electron chi connectivity index (χ2n) is 17.8. The first-order chi connectivity index (χ1) is 32.0. The van der Waals surface area contributed by atoms with Crippen molar-refractivity contribution in [2.45, 2.75) is 243 Å². The molecular weight excluding hydrogens is 861 g/mol. The summed E-state index contributed by atoms with van der Waals surface area (Å²) in [5.74, 6) is -2.02. The summed E-state index contributed by atoms with van der Waals surface area (Å²) in [6, 6.07) is 0. The first kappa shape index (κ1) is 61.4. The van der Waals surface area contributed by atoms with Gasteiger partial charge in [-0.3, -0.25) is 14.1 Å². The highest BCUT2D eigenvalue weighted by atomic mass is 32.2. The third-order valence-corrected chi connectivity index (χ3v) is 12.4. The molecule has 12 nitrogen and oxygen atoms in total. The number of aliphatic hydroxyl groups excluding tert-OH is 3. The molecule has 0 aromatic carbocycles. The van der Waals surface area contributed by atoms with E-state index in [4.69, 9.17) is 18.9 Å². The molecule has 1 aliphatic rings. The van der Waals surface area contributed by atoms with Crippen LogP contribution in [-0.4, -0.2) is 96.0 Å². The normalized spacial score (nSPS) is 19.9. The van der Waals surface area contributed by atoms with Crippen LogP contribution in [-0.2, 0) is 38.7 Å². The number of allylic oxidation sites excluding steroid dienone is 10. The Bertz CT molecular complexity index is 1440. The maximum Gasteiger partial charge on any atom is 0.306 e. The van der Waals surface area contributed by atoms with Gasteiger partial charge in [-0.1, -0.05) is 197 Å². The van der Waals surface area contributed by atoms with E-state index in [-0.39, 0.29) is 19.4 Å². The van der Waals surface area contributed by atoms with Gasteiger partial charge in [0.05, 0.1) is 6.61 Å². The fraction of sp³-hybridized carbons (Fsp3) is 0.774. The van der Waals surface area contributed by atoms with Crippen LogP contribution in [0.3, 0.4) is 0 Å². The molecule has 1 aliphatic heterocycles. The van der Waals surface area contributed by atoms with Crippen LogP contribution >= 0.6 is 0 Å². The number of esters is 2. The molecule has 6 unspecified atom stereocenters. The minimum absolute atomic E-state index is 0.124. The molecule has 0 spiro atoms. The molecule has 1 fully saturated rings. The second-order valence-corrected chi connectivity index (χ2v) is 19.3. The molecule has 0 saturated carbocycles. The summed E-state index contributed by atoms with van der Waals surface area (Å²) in [7, 11) is -4.61. The summed E-state index contributed by atoms with van der Waals surface area (Å²) in [4.78, 5) is 25.5. The Hall–Kier alpha value is -2.65. The zero-order valence-electron chi connectivity index (χ0n) is 41.0. The van der Waals surface area contributed by atoms with E-state index in [1.807, 2.05) is 0 Å². The highest BCUT2D eigenvalue weighted by Gasteiger charge is 2.46. The van der Waals surface area contributed by atoms with Crippen LogP contribution < -0.4 is 0 Å². The van der Waals surface area contributed by atoms with Crippen molar-refractivity contribution in [1.29, 1.82) is 0 Å². The lowest BCUT2D eigenvalue weighted by Crippen LogP contribution is -2.60. The smallest absolute Gasteiger partial charge is 0.306 e. The summed E-state index contributed by atoms with van der Waals surface area (Å²) in [5, 5.41) is 31.0. The Balaban J connectivity index is 2.40. The molecule has 0 aromatic heterocycles. The van der Waals surface area contributed by atoms with E-state index >= 15 is 0 Å². The van der Waals surface area contributed by atoms with Crippen molar-refractivity contribution in [3.8, 4) is 0 Å². The van der Waals surface area contributed by atoms with Crippen molar-refractivity contribution in [3.63, 3.8) is 0 Å². The van der Waals surface area contributed by atoms with Crippen molar-refractivity contribution in [3.05, 3.63) is 60.8 Å². The van der Waals surface area contributed by atoms with Crippen molar-refractivity contribution in [2.75, 3.05) is 19.0 Å². The molecule has 1 heterocycles. The minimum Gasteiger partial charge on any atom is -0.462 e. The monoisotopic (exact) mass is 953 g/mol. The number of hydrogen-bond donors (Lipinski definition) is 4. The van der Waals surface area contributed by atoms with Crippen molar-refractivity contribution in [2.24, 2.45) is 0 Å².